The summed E-state index contributed by atoms with van der Waals surface area (Å²) in [5.41, 5.74) is 1.11. The van der Waals surface area contributed by atoms with Gasteiger partial charge in [0, 0.05) is 56.4 Å². The van der Waals surface area contributed by atoms with E-state index in [-0.39, 0.29) is 17.4 Å². The zero-order chi connectivity index (χ0) is 19.0. The third kappa shape index (κ3) is 3.05. The minimum absolute atomic E-state index is 0.0665. The highest BCUT2D eigenvalue weighted by atomic mass is 16.2. The summed E-state index contributed by atoms with van der Waals surface area (Å²) in [5.74, 6) is 1.21. The monoisotopic (exact) mass is 364 g/mol. The van der Waals surface area contributed by atoms with Crippen molar-refractivity contribution in [1.82, 2.24) is 19.0 Å². The molecule has 1 amide bonds. The number of piperidine rings is 1. The summed E-state index contributed by atoms with van der Waals surface area (Å²) >= 11 is 0. The number of benzene rings is 1. The number of amides is 1. The number of aryl methyl sites for hydroxylation is 2. The molecule has 140 valence electrons. The van der Waals surface area contributed by atoms with Gasteiger partial charge in [0.05, 0.1) is 11.1 Å². The summed E-state index contributed by atoms with van der Waals surface area (Å²) in [6, 6.07) is 9.05. The van der Waals surface area contributed by atoms with Gasteiger partial charge in [-0.25, -0.2) is 4.98 Å². The van der Waals surface area contributed by atoms with Crippen molar-refractivity contribution in [3.63, 3.8) is 0 Å². The molecule has 1 aliphatic rings. The molecule has 0 aliphatic carbocycles. The highest BCUT2D eigenvalue weighted by molar-refractivity contribution is 6.06. The van der Waals surface area contributed by atoms with Crippen molar-refractivity contribution in [1.29, 1.82) is 0 Å². The number of carbonyl (C=O) groups excluding carboxylic acids is 1. The van der Waals surface area contributed by atoms with Crippen LogP contribution >= 0.6 is 0 Å². The summed E-state index contributed by atoms with van der Waals surface area (Å²) < 4.78 is 3.73. The molecular formula is C21H24N4O2. The summed E-state index contributed by atoms with van der Waals surface area (Å²) in [7, 11) is 1.74. The highest BCUT2D eigenvalue weighted by Gasteiger charge is 2.29. The van der Waals surface area contributed by atoms with Gasteiger partial charge in [0.1, 0.15) is 5.82 Å². The number of para-hydroxylation sites is 1. The molecule has 2 aromatic heterocycles. The summed E-state index contributed by atoms with van der Waals surface area (Å²) in [5, 5.41) is 0.821. The Morgan fingerprint density at radius 3 is 2.93 bits per heavy atom. The van der Waals surface area contributed by atoms with Gasteiger partial charge < -0.3 is 14.0 Å². The van der Waals surface area contributed by atoms with Crippen LogP contribution in [0.5, 0.6) is 0 Å². The maximum absolute atomic E-state index is 13.3. The number of aromatic nitrogens is 3. The number of nitrogens with zero attached hydrogens (tertiary/aromatic N) is 4. The van der Waals surface area contributed by atoms with Gasteiger partial charge in [-0.15, -0.1) is 0 Å². The molecule has 1 aromatic carbocycles. The smallest absolute Gasteiger partial charge is 0.254 e. The third-order valence-electron chi connectivity index (χ3n) is 5.55. The first-order valence-electron chi connectivity index (χ1n) is 9.49. The van der Waals surface area contributed by atoms with Crippen molar-refractivity contribution in [3.8, 4) is 0 Å². The fraction of sp³-hybridized carbons (Fsp3) is 0.381. The second-order valence-corrected chi connectivity index (χ2v) is 7.13. The molecule has 6 heteroatoms. The van der Waals surface area contributed by atoms with E-state index in [1.54, 1.807) is 11.6 Å². The van der Waals surface area contributed by atoms with Gasteiger partial charge in [-0.05, 0) is 25.8 Å². The van der Waals surface area contributed by atoms with Crippen molar-refractivity contribution in [2.24, 2.45) is 7.05 Å². The van der Waals surface area contributed by atoms with Crippen LogP contribution in [0, 0.1) is 0 Å². The maximum Gasteiger partial charge on any atom is 0.254 e. The number of pyridine rings is 1. The van der Waals surface area contributed by atoms with E-state index in [1.807, 2.05) is 41.6 Å². The van der Waals surface area contributed by atoms with Gasteiger partial charge in [0.15, 0.2) is 0 Å². The molecular weight excluding hydrogens is 340 g/mol. The Balaban J connectivity index is 1.68. The van der Waals surface area contributed by atoms with Crippen LogP contribution in [0.15, 0.2) is 47.5 Å². The van der Waals surface area contributed by atoms with Crippen LogP contribution in [0.4, 0.5) is 0 Å². The lowest BCUT2D eigenvalue weighted by Gasteiger charge is -2.33. The Bertz CT molecular complexity index is 1050. The maximum atomic E-state index is 13.3. The van der Waals surface area contributed by atoms with Gasteiger partial charge in [-0.3, -0.25) is 9.59 Å². The number of likely N-dealkylation sites (tertiary alicyclic amines) is 1. The Kier molecular flexibility index (Phi) is 4.56. The van der Waals surface area contributed by atoms with Crippen LogP contribution in [0.3, 0.4) is 0 Å². The molecule has 3 heterocycles. The Hall–Kier alpha value is -2.89. The molecule has 27 heavy (non-hydrogen) atoms. The SMILES string of the molecule is CCn1ccnc1[C@@H]1CCCN(C(=O)c2cc(=O)n(C)c3ccccc23)C1. The van der Waals surface area contributed by atoms with Crippen molar-refractivity contribution < 1.29 is 4.79 Å². The van der Waals surface area contributed by atoms with Crippen molar-refractivity contribution in [2.75, 3.05) is 13.1 Å². The lowest BCUT2D eigenvalue weighted by atomic mass is 9.96. The van der Waals surface area contributed by atoms with Gasteiger partial charge in [0.2, 0.25) is 0 Å². The van der Waals surface area contributed by atoms with Crippen LogP contribution in [0.25, 0.3) is 10.9 Å². The fourth-order valence-corrected chi connectivity index (χ4v) is 4.08. The minimum atomic E-state index is -0.160. The van der Waals surface area contributed by atoms with Crippen molar-refractivity contribution in [3.05, 3.63) is 64.5 Å². The number of rotatable bonds is 3. The van der Waals surface area contributed by atoms with E-state index in [9.17, 15) is 9.59 Å². The summed E-state index contributed by atoms with van der Waals surface area (Å²) in [4.78, 5) is 32.1. The Morgan fingerprint density at radius 1 is 1.30 bits per heavy atom. The van der Waals surface area contributed by atoms with Crippen LogP contribution in [0.1, 0.15) is 41.9 Å². The average Bonchev–Trinajstić information content (AvgIpc) is 3.19. The molecule has 1 atom stereocenters. The number of hydrogen-bond donors (Lipinski definition) is 0. The predicted octanol–water partition coefficient (Wildman–Crippen LogP) is 2.77. The van der Waals surface area contributed by atoms with E-state index in [1.165, 1.54) is 6.07 Å². The molecule has 0 spiro atoms. The molecule has 0 N–H and O–H groups in total. The summed E-state index contributed by atoms with van der Waals surface area (Å²) in [6.45, 7) is 4.33. The van der Waals surface area contributed by atoms with E-state index < -0.39 is 0 Å². The molecule has 0 unspecified atom stereocenters. The number of fused-ring (bicyclic) bond motifs is 1. The fourth-order valence-electron chi connectivity index (χ4n) is 4.08. The molecule has 4 rings (SSSR count). The number of hydrogen-bond acceptors (Lipinski definition) is 3. The lowest BCUT2D eigenvalue weighted by molar-refractivity contribution is 0.0705. The zero-order valence-corrected chi connectivity index (χ0v) is 15.8. The molecule has 1 aliphatic heterocycles. The van der Waals surface area contributed by atoms with Crippen LogP contribution in [-0.2, 0) is 13.6 Å². The van der Waals surface area contributed by atoms with Crippen molar-refractivity contribution in [2.45, 2.75) is 32.2 Å². The first-order valence-corrected chi connectivity index (χ1v) is 9.49. The van der Waals surface area contributed by atoms with Gasteiger partial charge in [-0.2, -0.15) is 0 Å². The van der Waals surface area contributed by atoms with Gasteiger partial charge >= 0.3 is 0 Å². The normalized spacial score (nSPS) is 17.4. The second kappa shape index (κ2) is 7.02. The minimum Gasteiger partial charge on any atom is -0.338 e. The molecule has 1 saturated heterocycles. The van der Waals surface area contributed by atoms with E-state index in [0.717, 1.165) is 36.1 Å². The average molecular weight is 364 g/mol. The molecule has 1 fully saturated rings. The van der Waals surface area contributed by atoms with E-state index in [4.69, 9.17) is 0 Å². The Labute approximate surface area is 158 Å². The quantitative estimate of drug-likeness (QED) is 0.718. The standard InChI is InChI=1S/C21H24N4O2/c1-3-24-12-10-22-20(24)15-7-6-11-25(14-15)21(27)17-13-19(26)23(2)18-9-5-4-8-16(17)18/h4-5,8-10,12-13,15H,3,6-7,11,14H2,1-2H3/t15-/m1/s1. The van der Waals surface area contributed by atoms with Gasteiger partial charge in [0.25, 0.3) is 11.5 Å². The first-order chi connectivity index (χ1) is 13.1. The van der Waals surface area contributed by atoms with Gasteiger partial charge in [-0.1, -0.05) is 18.2 Å². The van der Waals surface area contributed by atoms with E-state index in [0.29, 0.717) is 18.7 Å². The lowest BCUT2D eigenvalue weighted by Crippen LogP contribution is -2.40. The zero-order valence-electron chi connectivity index (χ0n) is 15.8. The van der Waals surface area contributed by atoms with E-state index in [2.05, 4.69) is 16.5 Å². The highest BCUT2D eigenvalue weighted by Crippen LogP contribution is 2.28. The van der Waals surface area contributed by atoms with E-state index >= 15 is 0 Å². The second-order valence-electron chi connectivity index (χ2n) is 7.13. The largest absolute Gasteiger partial charge is 0.338 e. The first kappa shape index (κ1) is 17.5. The predicted molar refractivity (Wildman–Crippen MR) is 105 cm³/mol. The Morgan fingerprint density at radius 2 is 2.11 bits per heavy atom. The van der Waals surface area contributed by atoms with Crippen molar-refractivity contribution >= 4 is 16.8 Å². The molecule has 0 radical (unpaired) electrons. The number of imidazole rings is 1. The van der Waals surface area contributed by atoms with Crippen LogP contribution in [-0.4, -0.2) is 38.0 Å². The van der Waals surface area contributed by atoms with Crippen LogP contribution in [0.2, 0.25) is 0 Å². The third-order valence-corrected chi connectivity index (χ3v) is 5.55. The van der Waals surface area contributed by atoms with Crippen LogP contribution < -0.4 is 5.56 Å². The molecule has 3 aromatic rings. The molecule has 0 bridgehead atoms. The summed E-state index contributed by atoms with van der Waals surface area (Å²) in [6.07, 6.45) is 5.78. The molecule has 0 saturated carbocycles. The number of carbonyl (C=O) groups is 1. The molecule has 6 nitrogen and oxygen atoms in total. The topological polar surface area (TPSA) is 60.1 Å².